The lowest BCUT2D eigenvalue weighted by Crippen LogP contribution is -2.52. The topological polar surface area (TPSA) is 96.0 Å². The van der Waals surface area contributed by atoms with Crippen molar-refractivity contribution < 1.29 is 27.1 Å². The molecule has 0 spiro atoms. The third kappa shape index (κ3) is 8.24. The molecule has 0 bridgehead atoms. The van der Waals surface area contributed by atoms with Gasteiger partial charge < -0.3 is 15.0 Å². The molecule has 1 atom stereocenters. The molecule has 2 aromatic rings. The van der Waals surface area contributed by atoms with Crippen molar-refractivity contribution in [3.63, 3.8) is 0 Å². The molecule has 0 aromatic heterocycles. The summed E-state index contributed by atoms with van der Waals surface area (Å²) < 4.78 is 44.9. The summed E-state index contributed by atoms with van der Waals surface area (Å²) >= 11 is 0. The molecule has 0 saturated heterocycles. The highest BCUT2D eigenvalue weighted by molar-refractivity contribution is 7.92. The van der Waals surface area contributed by atoms with Crippen LogP contribution in [0.1, 0.15) is 38.7 Å². The number of benzene rings is 2. The van der Waals surface area contributed by atoms with Gasteiger partial charge in [-0.15, -0.1) is 0 Å². The van der Waals surface area contributed by atoms with Gasteiger partial charge in [0.1, 0.15) is 24.2 Å². The number of nitrogens with one attached hydrogen (secondary N) is 1. The Bertz CT molecular complexity index is 1090. The molecule has 2 aromatic carbocycles. The van der Waals surface area contributed by atoms with E-state index in [1.54, 1.807) is 25.1 Å². The lowest BCUT2D eigenvalue weighted by molar-refractivity contribution is -0.140. The maximum absolute atomic E-state index is 13.6. The zero-order valence-corrected chi connectivity index (χ0v) is 21.5. The van der Waals surface area contributed by atoms with E-state index in [4.69, 9.17) is 4.74 Å². The second kappa shape index (κ2) is 13.1. The number of sulfonamides is 1. The molecule has 8 nitrogen and oxygen atoms in total. The van der Waals surface area contributed by atoms with Crippen LogP contribution in [-0.4, -0.2) is 57.6 Å². The van der Waals surface area contributed by atoms with Crippen molar-refractivity contribution in [2.45, 2.75) is 45.7 Å². The molecule has 0 heterocycles. The summed E-state index contributed by atoms with van der Waals surface area (Å²) in [7, 11) is -2.38. The number of halogens is 1. The molecule has 0 aliphatic rings. The van der Waals surface area contributed by atoms with E-state index < -0.39 is 34.3 Å². The van der Waals surface area contributed by atoms with Crippen LogP contribution in [0.4, 0.5) is 10.1 Å². The number of hydrogen-bond donors (Lipinski definition) is 1. The molecule has 10 heteroatoms. The van der Waals surface area contributed by atoms with Gasteiger partial charge in [-0.2, -0.15) is 0 Å². The van der Waals surface area contributed by atoms with E-state index >= 15 is 0 Å². The smallest absolute Gasteiger partial charge is 0.244 e. The Labute approximate surface area is 207 Å². The van der Waals surface area contributed by atoms with Crippen molar-refractivity contribution >= 4 is 27.5 Å². The summed E-state index contributed by atoms with van der Waals surface area (Å²) in [6, 6.07) is 11.2. The normalized spacial score (nSPS) is 12.0. The number of unbranched alkanes of at least 4 members (excludes halogenated alkanes) is 1. The Balaban J connectivity index is 2.40. The van der Waals surface area contributed by atoms with Crippen molar-refractivity contribution in [3.8, 4) is 5.75 Å². The van der Waals surface area contributed by atoms with Crippen LogP contribution in [0.3, 0.4) is 0 Å². The molecule has 35 heavy (non-hydrogen) atoms. The van der Waals surface area contributed by atoms with Crippen LogP contribution in [0.15, 0.2) is 48.5 Å². The third-order valence-electron chi connectivity index (χ3n) is 5.50. The SMILES string of the molecule is CCCCNC(=O)[C@@H](CC)N(Cc1ccc(F)cc1)C(=O)CN(c1cccc(OC)c1)S(C)(=O)=O. The number of nitrogens with zero attached hydrogens (tertiary/aromatic N) is 2. The molecule has 0 saturated carbocycles. The van der Waals surface area contributed by atoms with E-state index in [1.165, 1.54) is 42.3 Å². The second-order valence-electron chi connectivity index (χ2n) is 8.19. The van der Waals surface area contributed by atoms with Gasteiger partial charge in [-0.3, -0.25) is 13.9 Å². The van der Waals surface area contributed by atoms with E-state index in [9.17, 15) is 22.4 Å². The first-order valence-electron chi connectivity index (χ1n) is 11.5. The van der Waals surface area contributed by atoms with Crippen molar-refractivity contribution in [3.05, 3.63) is 59.9 Å². The molecule has 2 amide bonds. The summed E-state index contributed by atoms with van der Waals surface area (Å²) in [6.07, 6.45) is 3.03. The fraction of sp³-hybridized carbons (Fsp3) is 0.440. The first-order valence-corrected chi connectivity index (χ1v) is 13.4. The van der Waals surface area contributed by atoms with Crippen LogP contribution < -0.4 is 14.4 Å². The molecule has 1 N–H and O–H groups in total. The van der Waals surface area contributed by atoms with Gasteiger partial charge in [0.2, 0.25) is 21.8 Å². The first kappa shape index (κ1) is 28.1. The van der Waals surface area contributed by atoms with E-state index in [0.717, 1.165) is 23.4 Å². The highest BCUT2D eigenvalue weighted by Gasteiger charge is 2.31. The summed E-state index contributed by atoms with van der Waals surface area (Å²) in [4.78, 5) is 27.9. The highest BCUT2D eigenvalue weighted by Crippen LogP contribution is 2.24. The minimum Gasteiger partial charge on any atom is -0.497 e. The predicted octanol–water partition coefficient (Wildman–Crippen LogP) is 3.32. The maximum Gasteiger partial charge on any atom is 0.244 e. The zero-order valence-electron chi connectivity index (χ0n) is 20.7. The minimum absolute atomic E-state index is 0.0224. The second-order valence-corrected chi connectivity index (χ2v) is 10.1. The Hall–Kier alpha value is -3.14. The number of ether oxygens (including phenoxy) is 1. The van der Waals surface area contributed by atoms with Gasteiger partial charge in [0, 0.05) is 19.2 Å². The quantitative estimate of drug-likeness (QED) is 0.420. The monoisotopic (exact) mass is 507 g/mol. The summed E-state index contributed by atoms with van der Waals surface area (Å²) in [6.45, 7) is 3.78. The first-order chi connectivity index (χ1) is 16.6. The number of hydrogen-bond acceptors (Lipinski definition) is 5. The number of methoxy groups -OCH3 is 1. The molecule has 0 aliphatic carbocycles. The predicted molar refractivity (Wildman–Crippen MR) is 134 cm³/mol. The number of carbonyl (C=O) groups is 2. The molecular weight excluding hydrogens is 473 g/mol. The van der Waals surface area contributed by atoms with Crippen molar-refractivity contribution in [1.82, 2.24) is 10.2 Å². The standard InChI is InChI=1S/C25H34FN3O5S/c1-5-7-15-27-25(31)23(6-2)28(17-19-11-13-20(26)14-12-19)24(30)18-29(35(4,32)33)21-9-8-10-22(16-21)34-3/h8-14,16,23H,5-7,15,17-18H2,1-4H3,(H,27,31)/t23-/m1/s1. The maximum atomic E-state index is 13.6. The fourth-order valence-electron chi connectivity index (χ4n) is 3.59. The van der Waals surface area contributed by atoms with Crippen molar-refractivity contribution in [2.24, 2.45) is 0 Å². The Morgan fingerprint density at radius 3 is 2.37 bits per heavy atom. The van der Waals surface area contributed by atoms with Gasteiger partial charge in [0.05, 0.1) is 19.1 Å². The van der Waals surface area contributed by atoms with E-state index in [1.807, 2.05) is 6.92 Å². The molecule has 0 radical (unpaired) electrons. The van der Waals surface area contributed by atoms with E-state index in [-0.39, 0.29) is 18.1 Å². The number of amides is 2. The largest absolute Gasteiger partial charge is 0.497 e. The molecular formula is C25H34FN3O5S. The molecule has 2 rings (SSSR count). The molecule has 0 unspecified atom stereocenters. The Morgan fingerprint density at radius 2 is 1.80 bits per heavy atom. The van der Waals surface area contributed by atoms with E-state index in [2.05, 4.69) is 5.32 Å². The third-order valence-corrected chi connectivity index (χ3v) is 6.64. The van der Waals surface area contributed by atoms with Crippen molar-refractivity contribution in [1.29, 1.82) is 0 Å². The molecule has 0 fully saturated rings. The van der Waals surface area contributed by atoms with Crippen LogP contribution in [-0.2, 0) is 26.2 Å². The van der Waals surface area contributed by atoms with Crippen LogP contribution >= 0.6 is 0 Å². The molecule has 192 valence electrons. The van der Waals surface area contributed by atoms with Crippen LogP contribution in [0.2, 0.25) is 0 Å². The van der Waals surface area contributed by atoms with Crippen molar-refractivity contribution in [2.75, 3.05) is 30.8 Å². The fourth-order valence-corrected chi connectivity index (χ4v) is 4.43. The van der Waals surface area contributed by atoms with Crippen LogP contribution in [0, 0.1) is 5.82 Å². The van der Waals surface area contributed by atoms with E-state index in [0.29, 0.717) is 24.3 Å². The minimum atomic E-state index is -3.84. The van der Waals surface area contributed by atoms with Gasteiger partial charge >= 0.3 is 0 Å². The zero-order chi connectivity index (χ0) is 26.0. The van der Waals surface area contributed by atoms with Gasteiger partial charge in [0.25, 0.3) is 0 Å². The highest BCUT2D eigenvalue weighted by atomic mass is 32.2. The van der Waals surface area contributed by atoms with Crippen LogP contribution in [0.25, 0.3) is 0 Å². The molecule has 0 aliphatic heterocycles. The number of anilines is 1. The number of carbonyl (C=O) groups excluding carboxylic acids is 2. The lowest BCUT2D eigenvalue weighted by atomic mass is 10.1. The number of rotatable bonds is 13. The Morgan fingerprint density at radius 1 is 1.11 bits per heavy atom. The average molecular weight is 508 g/mol. The van der Waals surface area contributed by atoms with Gasteiger partial charge in [-0.1, -0.05) is 38.5 Å². The Kier molecular flexibility index (Phi) is 10.5. The van der Waals surface area contributed by atoms with Gasteiger partial charge in [0.15, 0.2) is 0 Å². The van der Waals surface area contributed by atoms with Crippen LogP contribution in [0.5, 0.6) is 5.75 Å². The summed E-state index contributed by atoms with van der Waals surface area (Å²) in [5.74, 6) is -0.852. The van der Waals surface area contributed by atoms with Gasteiger partial charge in [-0.05, 0) is 42.7 Å². The average Bonchev–Trinajstić information content (AvgIpc) is 2.83. The van der Waals surface area contributed by atoms with Gasteiger partial charge in [-0.25, -0.2) is 12.8 Å². The lowest BCUT2D eigenvalue weighted by Gasteiger charge is -2.33. The summed E-state index contributed by atoms with van der Waals surface area (Å²) in [5.41, 5.74) is 0.884. The summed E-state index contributed by atoms with van der Waals surface area (Å²) in [5, 5.41) is 2.85.